The van der Waals surface area contributed by atoms with E-state index in [4.69, 9.17) is 10.2 Å². The number of nitrogens with one attached hydrogen (secondary N) is 1. The van der Waals surface area contributed by atoms with E-state index in [-0.39, 0.29) is 0 Å². The average molecular weight is 263 g/mol. The maximum absolute atomic E-state index is 10.2. The normalized spacial score (nSPS) is 14.8. The van der Waals surface area contributed by atoms with E-state index in [2.05, 4.69) is 24.1 Å². The van der Waals surface area contributed by atoms with E-state index < -0.39 is 5.60 Å². The maximum atomic E-state index is 10.2. The molecule has 5 heteroatoms. The summed E-state index contributed by atoms with van der Waals surface area (Å²) >= 11 is 0. The van der Waals surface area contributed by atoms with Gasteiger partial charge in [-0.2, -0.15) is 4.98 Å². The second-order valence-electron chi connectivity index (χ2n) is 5.69. The van der Waals surface area contributed by atoms with Gasteiger partial charge in [-0.25, -0.2) is 0 Å². The van der Waals surface area contributed by atoms with Crippen LogP contribution in [-0.4, -0.2) is 22.2 Å². The number of aliphatic hydroxyl groups is 1. The minimum Gasteiger partial charge on any atom is -0.423 e. The lowest BCUT2D eigenvalue weighted by molar-refractivity contribution is 0.0510. The first-order valence-corrected chi connectivity index (χ1v) is 6.48. The van der Waals surface area contributed by atoms with Crippen molar-refractivity contribution in [3.8, 4) is 0 Å². The summed E-state index contributed by atoms with van der Waals surface area (Å²) in [7, 11) is 0. The molecule has 1 heterocycles. The van der Waals surface area contributed by atoms with Crippen molar-refractivity contribution in [1.82, 2.24) is 4.98 Å². The van der Waals surface area contributed by atoms with Gasteiger partial charge in [0.25, 0.3) is 6.01 Å². The van der Waals surface area contributed by atoms with Gasteiger partial charge in [-0.05, 0) is 31.4 Å². The molecule has 19 heavy (non-hydrogen) atoms. The van der Waals surface area contributed by atoms with Crippen LogP contribution in [0.15, 0.2) is 22.6 Å². The predicted octanol–water partition coefficient (Wildman–Crippen LogP) is 2.62. The Morgan fingerprint density at radius 3 is 2.89 bits per heavy atom. The Morgan fingerprint density at radius 2 is 2.21 bits per heavy atom. The van der Waals surface area contributed by atoms with Crippen LogP contribution < -0.4 is 11.1 Å². The number of anilines is 2. The van der Waals surface area contributed by atoms with Gasteiger partial charge in [-0.3, -0.25) is 0 Å². The second-order valence-corrected chi connectivity index (χ2v) is 5.69. The topological polar surface area (TPSA) is 84.3 Å². The third-order valence-corrected chi connectivity index (χ3v) is 2.88. The minimum atomic E-state index is -0.784. The van der Waals surface area contributed by atoms with Crippen molar-refractivity contribution in [3.05, 3.63) is 18.2 Å². The monoisotopic (exact) mass is 263 g/mol. The molecule has 1 aromatic heterocycles. The van der Waals surface area contributed by atoms with Crippen molar-refractivity contribution in [1.29, 1.82) is 0 Å². The van der Waals surface area contributed by atoms with Gasteiger partial charge in [-0.15, -0.1) is 0 Å². The first-order chi connectivity index (χ1) is 8.85. The molecule has 4 N–H and O–H groups in total. The second kappa shape index (κ2) is 5.09. The number of benzene rings is 1. The molecule has 1 aromatic carbocycles. The molecule has 0 saturated heterocycles. The minimum absolute atomic E-state index is 0.396. The van der Waals surface area contributed by atoms with Crippen molar-refractivity contribution in [2.75, 3.05) is 17.6 Å². The Hall–Kier alpha value is -1.75. The molecule has 0 radical (unpaired) electrons. The van der Waals surface area contributed by atoms with Gasteiger partial charge in [0.2, 0.25) is 0 Å². The van der Waals surface area contributed by atoms with Crippen molar-refractivity contribution in [3.63, 3.8) is 0 Å². The zero-order valence-corrected chi connectivity index (χ0v) is 11.6. The number of nitrogen functional groups attached to an aromatic ring is 1. The van der Waals surface area contributed by atoms with Gasteiger partial charge in [-0.1, -0.05) is 13.8 Å². The van der Waals surface area contributed by atoms with E-state index in [0.717, 1.165) is 5.52 Å². The highest BCUT2D eigenvalue weighted by molar-refractivity contribution is 5.78. The number of aromatic nitrogens is 1. The first-order valence-electron chi connectivity index (χ1n) is 6.48. The fraction of sp³-hybridized carbons (Fsp3) is 0.500. The Labute approximate surface area is 112 Å². The number of hydrogen-bond donors (Lipinski definition) is 3. The van der Waals surface area contributed by atoms with Gasteiger partial charge < -0.3 is 20.6 Å². The molecular weight excluding hydrogens is 242 g/mol. The molecule has 0 fully saturated rings. The van der Waals surface area contributed by atoms with Crippen LogP contribution in [0.1, 0.15) is 27.2 Å². The van der Waals surface area contributed by atoms with Crippen LogP contribution in [0.3, 0.4) is 0 Å². The van der Waals surface area contributed by atoms with Crippen LogP contribution in [0, 0.1) is 5.92 Å². The standard InChI is InChI=1S/C14H21N3O2/c1-9(2)7-14(3,18)8-16-13-17-11-5-4-10(15)6-12(11)19-13/h4-6,9,18H,7-8,15H2,1-3H3,(H,16,17). The molecular formula is C14H21N3O2. The zero-order valence-electron chi connectivity index (χ0n) is 11.6. The van der Waals surface area contributed by atoms with Gasteiger partial charge in [0.15, 0.2) is 5.58 Å². The molecule has 0 amide bonds. The SMILES string of the molecule is CC(C)CC(C)(O)CNc1nc2ccc(N)cc2o1. The van der Waals surface area contributed by atoms with Crippen LogP contribution >= 0.6 is 0 Å². The van der Waals surface area contributed by atoms with Crippen molar-refractivity contribution >= 4 is 22.8 Å². The quantitative estimate of drug-likeness (QED) is 0.722. The van der Waals surface area contributed by atoms with Crippen LogP contribution in [0.2, 0.25) is 0 Å². The molecule has 0 saturated carbocycles. The molecule has 2 rings (SSSR count). The fourth-order valence-electron chi connectivity index (χ4n) is 2.23. The zero-order chi connectivity index (χ0) is 14.0. The smallest absolute Gasteiger partial charge is 0.295 e. The molecule has 5 nitrogen and oxygen atoms in total. The van der Waals surface area contributed by atoms with Gasteiger partial charge in [0.1, 0.15) is 5.52 Å². The van der Waals surface area contributed by atoms with Crippen molar-refractivity contribution in [2.45, 2.75) is 32.8 Å². The highest BCUT2D eigenvalue weighted by atomic mass is 16.4. The molecule has 1 unspecified atom stereocenters. The van der Waals surface area contributed by atoms with E-state index in [1.807, 2.05) is 6.07 Å². The molecule has 104 valence electrons. The summed E-state index contributed by atoms with van der Waals surface area (Å²) in [5, 5.41) is 13.2. The van der Waals surface area contributed by atoms with Crippen LogP contribution in [0.5, 0.6) is 0 Å². The Kier molecular flexibility index (Phi) is 3.66. The van der Waals surface area contributed by atoms with E-state index in [9.17, 15) is 5.11 Å². The summed E-state index contributed by atoms with van der Waals surface area (Å²) in [6.07, 6.45) is 0.715. The summed E-state index contributed by atoms with van der Waals surface area (Å²) in [4.78, 5) is 4.29. The molecule has 0 aliphatic carbocycles. The summed E-state index contributed by atoms with van der Waals surface area (Å²) in [5.74, 6) is 0.431. The highest BCUT2D eigenvalue weighted by Crippen LogP contribution is 2.22. The van der Waals surface area contributed by atoms with Crippen molar-refractivity contribution in [2.24, 2.45) is 5.92 Å². The molecule has 1 atom stereocenters. The molecule has 0 spiro atoms. The average Bonchev–Trinajstić information content (AvgIpc) is 2.66. The Morgan fingerprint density at radius 1 is 1.47 bits per heavy atom. The van der Waals surface area contributed by atoms with E-state index in [1.165, 1.54) is 0 Å². The van der Waals surface area contributed by atoms with E-state index in [1.54, 1.807) is 19.1 Å². The van der Waals surface area contributed by atoms with Crippen LogP contribution in [0.25, 0.3) is 11.1 Å². The molecule has 0 aliphatic rings. The third-order valence-electron chi connectivity index (χ3n) is 2.88. The summed E-state index contributed by atoms with van der Waals surface area (Å²) in [6, 6.07) is 5.74. The summed E-state index contributed by atoms with van der Waals surface area (Å²) in [6.45, 7) is 6.36. The largest absolute Gasteiger partial charge is 0.423 e. The molecule has 0 bridgehead atoms. The summed E-state index contributed by atoms with van der Waals surface area (Å²) in [5.41, 5.74) is 6.93. The molecule has 2 aromatic rings. The Bertz CT molecular complexity index is 561. The van der Waals surface area contributed by atoms with E-state index >= 15 is 0 Å². The first kappa shape index (κ1) is 13.7. The predicted molar refractivity (Wildman–Crippen MR) is 77.0 cm³/mol. The van der Waals surface area contributed by atoms with Gasteiger partial charge in [0, 0.05) is 18.3 Å². The highest BCUT2D eigenvalue weighted by Gasteiger charge is 2.22. The lowest BCUT2D eigenvalue weighted by Crippen LogP contribution is -2.34. The van der Waals surface area contributed by atoms with E-state index in [0.29, 0.717) is 36.2 Å². The van der Waals surface area contributed by atoms with Gasteiger partial charge >= 0.3 is 0 Å². The number of rotatable bonds is 5. The lowest BCUT2D eigenvalue weighted by Gasteiger charge is -2.25. The third kappa shape index (κ3) is 3.61. The number of nitrogens with two attached hydrogens (primary N) is 1. The lowest BCUT2D eigenvalue weighted by atomic mass is 9.94. The van der Waals surface area contributed by atoms with Crippen molar-refractivity contribution < 1.29 is 9.52 Å². The Balaban J connectivity index is 2.05. The van der Waals surface area contributed by atoms with Crippen LogP contribution in [-0.2, 0) is 0 Å². The molecule has 0 aliphatic heterocycles. The number of fused-ring (bicyclic) bond motifs is 1. The fourth-order valence-corrected chi connectivity index (χ4v) is 2.23. The number of oxazole rings is 1. The maximum Gasteiger partial charge on any atom is 0.295 e. The number of nitrogens with zero attached hydrogens (tertiary/aromatic N) is 1. The van der Waals surface area contributed by atoms with Crippen LogP contribution in [0.4, 0.5) is 11.7 Å². The number of hydrogen-bond acceptors (Lipinski definition) is 5. The summed E-state index contributed by atoms with van der Waals surface area (Å²) < 4.78 is 5.54. The van der Waals surface area contributed by atoms with Gasteiger partial charge in [0.05, 0.1) is 5.60 Å².